The zero-order chi connectivity index (χ0) is 21.3. The highest BCUT2D eigenvalue weighted by Gasteiger charge is 2.17. The van der Waals surface area contributed by atoms with Gasteiger partial charge in [0.05, 0.1) is 17.5 Å². The van der Waals surface area contributed by atoms with Crippen LogP contribution in [-0.4, -0.2) is 25.7 Å². The van der Waals surface area contributed by atoms with Crippen LogP contribution in [0.15, 0.2) is 65.6 Å². The van der Waals surface area contributed by atoms with Crippen LogP contribution in [0.3, 0.4) is 0 Å². The maximum Gasteiger partial charge on any atom is 0.241 e. The minimum atomic E-state index is -3.89. The molecule has 30 heavy (non-hydrogen) atoms. The van der Waals surface area contributed by atoms with Crippen LogP contribution in [0.1, 0.15) is 5.56 Å². The molecule has 0 bridgehead atoms. The van der Waals surface area contributed by atoms with Crippen LogP contribution >= 0.6 is 0 Å². The molecule has 6 nitrogen and oxygen atoms in total. The number of benzene rings is 3. The van der Waals surface area contributed by atoms with Crippen LogP contribution in [0.25, 0.3) is 22.2 Å². The van der Waals surface area contributed by atoms with Crippen LogP contribution in [0.4, 0.5) is 8.78 Å². The van der Waals surface area contributed by atoms with Gasteiger partial charge in [0.25, 0.3) is 0 Å². The number of sulfonamides is 1. The molecule has 154 valence electrons. The topological polar surface area (TPSA) is 84.1 Å². The van der Waals surface area contributed by atoms with Crippen LogP contribution in [-0.2, 0) is 16.6 Å². The number of hydrogen-bond donors (Lipinski definition) is 2. The molecule has 1 heterocycles. The number of H-pyrrole nitrogens is 1. The van der Waals surface area contributed by atoms with E-state index in [1.165, 1.54) is 43.5 Å². The van der Waals surface area contributed by atoms with Crippen molar-refractivity contribution in [1.82, 2.24) is 14.9 Å². The average Bonchev–Trinajstić information content (AvgIpc) is 3.14. The summed E-state index contributed by atoms with van der Waals surface area (Å²) in [5.74, 6) is -0.620. The predicted molar refractivity (Wildman–Crippen MR) is 108 cm³/mol. The molecule has 0 aliphatic heterocycles. The predicted octanol–water partition coefficient (Wildman–Crippen LogP) is 4.00. The van der Waals surface area contributed by atoms with E-state index < -0.39 is 21.7 Å². The van der Waals surface area contributed by atoms with Gasteiger partial charge in [0.1, 0.15) is 23.1 Å². The summed E-state index contributed by atoms with van der Waals surface area (Å²) < 4.78 is 60.7. The van der Waals surface area contributed by atoms with Gasteiger partial charge >= 0.3 is 0 Å². The molecule has 0 aliphatic rings. The third-order valence-corrected chi connectivity index (χ3v) is 6.03. The highest BCUT2D eigenvalue weighted by atomic mass is 32.2. The van der Waals surface area contributed by atoms with Gasteiger partial charge in [-0.15, -0.1) is 0 Å². The molecular weight excluding hydrogens is 412 g/mol. The van der Waals surface area contributed by atoms with Crippen LogP contribution < -0.4 is 9.46 Å². The van der Waals surface area contributed by atoms with E-state index in [2.05, 4.69) is 14.9 Å². The molecule has 0 atom stereocenters. The van der Waals surface area contributed by atoms with E-state index in [9.17, 15) is 17.2 Å². The monoisotopic (exact) mass is 429 g/mol. The molecule has 3 aromatic carbocycles. The first-order valence-electron chi connectivity index (χ1n) is 8.93. The van der Waals surface area contributed by atoms with Gasteiger partial charge in [-0.3, -0.25) is 5.10 Å². The Morgan fingerprint density at radius 1 is 1.07 bits per heavy atom. The number of halogens is 2. The van der Waals surface area contributed by atoms with Gasteiger partial charge in [0.15, 0.2) is 0 Å². The molecule has 0 saturated carbocycles. The van der Waals surface area contributed by atoms with E-state index in [1.54, 1.807) is 24.3 Å². The van der Waals surface area contributed by atoms with E-state index >= 15 is 0 Å². The molecule has 9 heteroatoms. The van der Waals surface area contributed by atoms with Gasteiger partial charge in [-0.1, -0.05) is 18.2 Å². The lowest BCUT2D eigenvalue weighted by Gasteiger charge is -2.09. The van der Waals surface area contributed by atoms with Crippen molar-refractivity contribution in [3.8, 4) is 17.0 Å². The molecule has 0 amide bonds. The molecule has 0 spiro atoms. The van der Waals surface area contributed by atoms with Crippen molar-refractivity contribution in [3.63, 3.8) is 0 Å². The van der Waals surface area contributed by atoms with E-state index in [1.807, 2.05) is 0 Å². The van der Waals surface area contributed by atoms with Crippen LogP contribution in [0.2, 0.25) is 0 Å². The summed E-state index contributed by atoms with van der Waals surface area (Å²) in [6, 6.07) is 14.6. The third-order valence-electron chi connectivity index (χ3n) is 4.63. The number of methoxy groups -OCH3 is 1. The maximum atomic E-state index is 14.5. The lowest BCUT2D eigenvalue weighted by molar-refractivity contribution is 0.413. The zero-order valence-electron chi connectivity index (χ0n) is 15.8. The molecule has 4 aromatic rings. The van der Waals surface area contributed by atoms with Crippen molar-refractivity contribution < 1.29 is 21.9 Å². The molecule has 4 rings (SSSR count). The Hall–Kier alpha value is -3.30. The van der Waals surface area contributed by atoms with Gasteiger partial charge in [0.2, 0.25) is 10.0 Å². The highest BCUT2D eigenvalue weighted by Crippen LogP contribution is 2.29. The summed E-state index contributed by atoms with van der Waals surface area (Å²) in [6.07, 6.45) is 0. The molecule has 1 aromatic heterocycles. The average molecular weight is 429 g/mol. The number of aromatic nitrogens is 2. The SMILES string of the molecule is COc1cccc(S(=O)(=O)NCc2cc3c(-c4cccc(F)c4)n[nH]c3cc2F)c1. The summed E-state index contributed by atoms with van der Waals surface area (Å²) >= 11 is 0. The Kier molecular flexibility index (Phi) is 5.23. The minimum Gasteiger partial charge on any atom is -0.497 e. The van der Waals surface area contributed by atoms with Crippen molar-refractivity contribution in [2.24, 2.45) is 0 Å². The molecule has 0 radical (unpaired) electrons. The number of nitrogens with one attached hydrogen (secondary N) is 2. The lowest BCUT2D eigenvalue weighted by Crippen LogP contribution is -2.23. The maximum absolute atomic E-state index is 14.5. The first-order chi connectivity index (χ1) is 14.4. The number of rotatable bonds is 6. The quantitative estimate of drug-likeness (QED) is 0.485. The van der Waals surface area contributed by atoms with Gasteiger partial charge < -0.3 is 4.74 Å². The second-order valence-electron chi connectivity index (χ2n) is 6.58. The summed E-state index contributed by atoms with van der Waals surface area (Å²) in [4.78, 5) is 0.00657. The van der Waals surface area contributed by atoms with Gasteiger partial charge in [-0.2, -0.15) is 5.10 Å². The second-order valence-corrected chi connectivity index (χ2v) is 8.34. The second kappa shape index (κ2) is 7.85. The number of ether oxygens (including phenoxy) is 1. The van der Waals surface area contributed by atoms with Gasteiger partial charge in [-0.05, 0) is 36.4 Å². The van der Waals surface area contributed by atoms with Crippen LogP contribution in [0, 0.1) is 11.6 Å². The fourth-order valence-corrected chi connectivity index (χ4v) is 4.14. The third kappa shape index (κ3) is 3.89. The lowest BCUT2D eigenvalue weighted by atomic mass is 10.1. The van der Waals surface area contributed by atoms with Gasteiger partial charge in [0, 0.05) is 29.1 Å². The molecule has 0 saturated heterocycles. The smallest absolute Gasteiger partial charge is 0.241 e. The summed E-state index contributed by atoms with van der Waals surface area (Å²) in [7, 11) is -2.45. The summed E-state index contributed by atoms with van der Waals surface area (Å²) in [5, 5.41) is 7.43. The molecule has 0 fully saturated rings. The molecule has 0 aliphatic carbocycles. The molecular formula is C21H17F2N3O3S. The van der Waals surface area contributed by atoms with Crippen molar-refractivity contribution in [2.75, 3.05) is 7.11 Å². The Morgan fingerprint density at radius 3 is 2.63 bits per heavy atom. The fraction of sp³-hybridized carbons (Fsp3) is 0.0952. The van der Waals surface area contributed by atoms with Gasteiger partial charge in [-0.25, -0.2) is 21.9 Å². The fourth-order valence-electron chi connectivity index (χ4n) is 3.10. The van der Waals surface area contributed by atoms with Crippen molar-refractivity contribution in [2.45, 2.75) is 11.4 Å². The van der Waals surface area contributed by atoms with E-state index in [0.29, 0.717) is 27.9 Å². The number of nitrogens with zero attached hydrogens (tertiary/aromatic N) is 1. The molecule has 0 unspecified atom stereocenters. The van der Waals surface area contributed by atoms with Crippen molar-refractivity contribution in [1.29, 1.82) is 0 Å². The normalized spacial score (nSPS) is 11.7. The number of hydrogen-bond acceptors (Lipinski definition) is 4. The largest absolute Gasteiger partial charge is 0.497 e. The Bertz CT molecular complexity index is 1340. The Morgan fingerprint density at radius 2 is 1.87 bits per heavy atom. The van der Waals surface area contributed by atoms with Crippen molar-refractivity contribution >= 4 is 20.9 Å². The molecule has 2 N–H and O–H groups in total. The first kappa shape index (κ1) is 20.0. The van der Waals surface area contributed by atoms with E-state index in [0.717, 1.165) is 0 Å². The number of aromatic amines is 1. The van der Waals surface area contributed by atoms with E-state index in [-0.39, 0.29) is 17.0 Å². The highest BCUT2D eigenvalue weighted by molar-refractivity contribution is 7.89. The Balaban J connectivity index is 1.66. The van der Waals surface area contributed by atoms with E-state index in [4.69, 9.17) is 4.74 Å². The zero-order valence-corrected chi connectivity index (χ0v) is 16.6. The minimum absolute atomic E-state index is 0.00657. The first-order valence-corrected chi connectivity index (χ1v) is 10.4. The van der Waals surface area contributed by atoms with Crippen molar-refractivity contribution in [3.05, 3.63) is 77.9 Å². The van der Waals surface area contributed by atoms with Crippen LogP contribution in [0.5, 0.6) is 5.75 Å². The number of fused-ring (bicyclic) bond motifs is 1. The summed E-state index contributed by atoms with van der Waals surface area (Å²) in [6.45, 7) is -0.269. The standard InChI is InChI=1S/C21H17F2N3O3S/c1-29-16-6-3-7-17(10-16)30(27,28)24-12-14-9-18-20(11-19(14)23)25-26-21(18)13-4-2-5-15(22)8-13/h2-11,24H,12H2,1H3,(H,25,26). The Labute approximate surface area is 171 Å². The summed E-state index contributed by atoms with van der Waals surface area (Å²) in [5.41, 5.74) is 1.52.